The van der Waals surface area contributed by atoms with Crippen LogP contribution in [0, 0.1) is 0 Å². The first kappa shape index (κ1) is 15.2. The van der Waals surface area contributed by atoms with Crippen molar-refractivity contribution < 1.29 is 9.90 Å². The van der Waals surface area contributed by atoms with Gasteiger partial charge in [0.15, 0.2) is 0 Å². The van der Waals surface area contributed by atoms with Crippen LogP contribution < -0.4 is 5.43 Å². The number of phenolic OH excluding ortho intramolecular Hbond substituents is 1. The summed E-state index contributed by atoms with van der Waals surface area (Å²) < 4.78 is 0. The van der Waals surface area contributed by atoms with Crippen LogP contribution in [0.3, 0.4) is 0 Å². The normalized spacial score (nSPS) is 11.2. The molecule has 0 unspecified atom stereocenters. The van der Waals surface area contributed by atoms with Gasteiger partial charge in [0.1, 0.15) is 5.75 Å². The first-order chi connectivity index (χ1) is 11.2. The van der Waals surface area contributed by atoms with Crippen LogP contribution in [-0.4, -0.2) is 17.2 Å². The number of thiophene rings is 1. The van der Waals surface area contributed by atoms with Crippen molar-refractivity contribution in [2.45, 2.75) is 13.3 Å². The van der Waals surface area contributed by atoms with Gasteiger partial charge in [0.25, 0.3) is 5.91 Å². The fourth-order valence-corrected chi connectivity index (χ4v) is 3.19. The van der Waals surface area contributed by atoms with Crippen molar-refractivity contribution >= 4 is 34.2 Å². The molecule has 3 aromatic rings. The molecule has 0 aliphatic carbocycles. The number of carbonyl (C=O) groups excluding carboxylic acids is 1. The van der Waals surface area contributed by atoms with Crippen molar-refractivity contribution in [3.05, 3.63) is 63.8 Å². The quantitative estimate of drug-likeness (QED) is 0.564. The maximum Gasteiger partial charge on any atom is 0.275 e. The number of carbonyl (C=O) groups is 1. The third-order valence-corrected chi connectivity index (χ3v) is 4.69. The molecule has 0 aliphatic heterocycles. The predicted molar refractivity (Wildman–Crippen MR) is 94.4 cm³/mol. The van der Waals surface area contributed by atoms with Crippen LogP contribution in [-0.2, 0) is 6.42 Å². The summed E-state index contributed by atoms with van der Waals surface area (Å²) in [6.45, 7) is 2.10. The zero-order chi connectivity index (χ0) is 16.2. The molecule has 2 N–H and O–H groups in total. The lowest BCUT2D eigenvalue weighted by molar-refractivity contribution is 0.0954. The highest BCUT2D eigenvalue weighted by Crippen LogP contribution is 2.26. The predicted octanol–water partition coefficient (Wildman–Crippen LogP) is 3.93. The molecule has 2 aromatic carbocycles. The molecule has 0 bridgehead atoms. The maximum atomic E-state index is 12.3. The highest BCUT2D eigenvalue weighted by Gasteiger charge is 2.14. The summed E-state index contributed by atoms with van der Waals surface area (Å²) in [4.78, 5) is 14.6. The molecule has 1 aromatic heterocycles. The lowest BCUT2D eigenvalue weighted by Crippen LogP contribution is -2.18. The lowest BCUT2D eigenvalue weighted by Gasteiger charge is -2.07. The molecule has 0 radical (unpaired) electrons. The molecule has 0 aliphatic rings. The minimum atomic E-state index is -0.428. The minimum absolute atomic E-state index is 0.0548. The highest BCUT2D eigenvalue weighted by atomic mass is 32.1. The van der Waals surface area contributed by atoms with E-state index in [1.165, 1.54) is 10.9 Å². The SMILES string of the molecule is CCc1ccc(C=NNC(=O)c2c(O)ccc3ccccc23)s1. The molecule has 4 nitrogen and oxygen atoms in total. The number of hydrogen-bond donors (Lipinski definition) is 2. The van der Waals surface area contributed by atoms with E-state index in [2.05, 4.69) is 17.5 Å². The van der Waals surface area contributed by atoms with Gasteiger partial charge in [0.2, 0.25) is 0 Å². The van der Waals surface area contributed by atoms with Crippen LogP contribution in [0.15, 0.2) is 53.6 Å². The van der Waals surface area contributed by atoms with E-state index < -0.39 is 5.91 Å². The van der Waals surface area contributed by atoms with Crippen LogP contribution in [0.25, 0.3) is 10.8 Å². The molecule has 0 saturated carbocycles. The number of rotatable bonds is 4. The van der Waals surface area contributed by atoms with Gasteiger partial charge in [-0.25, -0.2) is 5.43 Å². The van der Waals surface area contributed by atoms with Crippen molar-refractivity contribution in [2.75, 3.05) is 0 Å². The lowest BCUT2D eigenvalue weighted by atomic mass is 10.0. The van der Waals surface area contributed by atoms with E-state index in [-0.39, 0.29) is 11.3 Å². The van der Waals surface area contributed by atoms with Crippen LogP contribution in [0.2, 0.25) is 0 Å². The Balaban J connectivity index is 1.82. The molecular weight excluding hydrogens is 308 g/mol. The number of hydrazone groups is 1. The Bertz CT molecular complexity index is 884. The summed E-state index contributed by atoms with van der Waals surface area (Å²) >= 11 is 1.64. The summed E-state index contributed by atoms with van der Waals surface area (Å²) in [5.74, 6) is -0.483. The second-order valence-corrected chi connectivity index (χ2v) is 6.24. The Kier molecular flexibility index (Phi) is 4.39. The van der Waals surface area contributed by atoms with Gasteiger partial charge in [-0.1, -0.05) is 37.3 Å². The third kappa shape index (κ3) is 3.24. The number of nitrogens with one attached hydrogen (secondary N) is 1. The molecule has 5 heteroatoms. The Hall–Kier alpha value is -2.66. The van der Waals surface area contributed by atoms with Crippen molar-refractivity contribution in [1.29, 1.82) is 0 Å². The second-order valence-electron chi connectivity index (χ2n) is 5.04. The second kappa shape index (κ2) is 6.62. The van der Waals surface area contributed by atoms with E-state index in [0.717, 1.165) is 16.7 Å². The standard InChI is InChI=1S/C18H16N2O2S/c1-2-13-8-9-14(23-13)11-19-20-18(22)17-15-6-4-3-5-12(15)7-10-16(17)21/h3-11,21H,2H2,1H3,(H,20,22). The molecule has 1 heterocycles. The van der Waals surface area contributed by atoms with Gasteiger partial charge in [0, 0.05) is 9.75 Å². The van der Waals surface area contributed by atoms with E-state index in [9.17, 15) is 9.90 Å². The van der Waals surface area contributed by atoms with E-state index in [1.807, 2.05) is 30.3 Å². The van der Waals surface area contributed by atoms with Crippen LogP contribution in [0.1, 0.15) is 27.0 Å². The van der Waals surface area contributed by atoms with E-state index >= 15 is 0 Å². The smallest absolute Gasteiger partial charge is 0.275 e. The number of phenols is 1. The Labute approximate surface area is 138 Å². The fourth-order valence-electron chi connectivity index (χ4n) is 2.36. The molecule has 1 amide bonds. The number of aryl methyl sites for hydroxylation is 1. The summed E-state index contributed by atoms with van der Waals surface area (Å²) in [5.41, 5.74) is 2.72. The average Bonchev–Trinajstić information content (AvgIpc) is 3.02. The Morgan fingerprint density at radius 3 is 2.83 bits per heavy atom. The van der Waals surface area contributed by atoms with Crippen molar-refractivity contribution in [1.82, 2.24) is 5.43 Å². The fraction of sp³-hybridized carbons (Fsp3) is 0.111. The van der Waals surface area contributed by atoms with E-state index in [1.54, 1.807) is 29.7 Å². The molecular formula is C18H16N2O2S. The zero-order valence-corrected chi connectivity index (χ0v) is 13.4. The topological polar surface area (TPSA) is 61.7 Å². The largest absolute Gasteiger partial charge is 0.507 e. The van der Waals surface area contributed by atoms with Gasteiger partial charge < -0.3 is 5.11 Å². The average molecular weight is 324 g/mol. The van der Waals surface area contributed by atoms with Crippen LogP contribution in [0.5, 0.6) is 5.75 Å². The van der Waals surface area contributed by atoms with Crippen molar-refractivity contribution in [2.24, 2.45) is 5.10 Å². The van der Waals surface area contributed by atoms with Crippen LogP contribution >= 0.6 is 11.3 Å². The van der Waals surface area contributed by atoms with Gasteiger partial charge in [-0.05, 0) is 35.4 Å². The van der Waals surface area contributed by atoms with Crippen molar-refractivity contribution in [3.63, 3.8) is 0 Å². The minimum Gasteiger partial charge on any atom is -0.507 e. The van der Waals surface area contributed by atoms with Crippen LogP contribution in [0.4, 0.5) is 0 Å². The number of benzene rings is 2. The van der Waals surface area contributed by atoms with E-state index in [4.69, 9.17) is 0 Å². The Morgan fingerprint density at radius 2 is 2.04 bits per heavy atom. The Morgan fingerprint density at radius 1 is 1.22 bits per heavy atom. The monoisotopic (exact) mass is 324 g/mol. The summed E-state index contributed by atoms with van der Waals surface area (Å²) in [5, 5.41) is 15.6. The summed E-state index contributed by atoms with van der Waals surface area (Å²) in [6, 6.07) is 14.7. The highest BCUT2D eigenvalue weighted by molar-refractivity contribution is 7.13. The molecule has 3 rings (SSSR count). The molecule has 116 valence electrons. The first-order valence-corrected chi connectivity index (χ1v) is 8.13. The molecule has 0 fully saturated rings. The number of aromatic hydroxyl groups is 1. The van der Waals surface area contributed by atoms with Crippen molar-refractivity contribution in [3.8, 4) is 5.75 Å². The number of hydrogen-bond acceptors (Lipinski definition) is 4. The first-order valence-electron chi connectivity index (χ1n) is 7.32. The maximum absolute atomic E-state index is 12.3. The zero-order valence-electron chi connectivity index (χ0n) is 12.6. The number of amides is 1. The van der Waals surface area contributed by atoms with E-state index in [0.29, 0.717) is 5.39 Å². The summed E-state index contributed by atoms with van der Waals surface area (Å²) in [6.07, 6.45) is 2.60. The molecule has 0 spiro atoms. The van der Waals surface area contributed by atoms with Gasteiger partial charge in [0.05, 0.1) is 11.8 Å². The molecule has 23 heavy (non-hydrogen) atoms. The molecule has 0 atom stereocenters. The van der Waals surface area contributed by atoms with Gasteiger partial charge in [-0.3, -0.25) is 4.79 Å². The number of fused-ring (bicyclic) bond motifs is 1. The van der Waals surface area contributed by atoms with Gasteiger partial charge in [-0.2, -0.15) is 5.10 Å². The molecule has 0 saturated heterocycles. The number of nitrogens with zero attached hydrogens (tertiary/aromatic N) is 1. The summed E-state index contributed by atoms with van der Waals surface area (Å²) in [7, 11) is 0. The van der Waals surface area contributed by atoms with Gasteiger partial charge in [-0.15, -0.1) is 11.3 Å². The van der Waals surface area contributed by atoms with Gasteiger partial charge >= 0.3 is 0 Å². The third-order valence-electron chi connectivity index (χ3n) is 3.52.